The average molecular weight is 801 g/mol. The second-order valence-electron chi connectivity index (χ2n) is 16.1. The first-order valence-corrected chi connectivity index (χ1v) is 20.6. The van der Waals surface area contributed by atoms with E-state index in [1.807, 2.05) is 61.5 Å². The standard InChI is InChI=1S/C54H48N4O3/c1-7-27-53(59)51-49(38-18-11-15-35(5)31-38)45-25-23-43(56-45)47(36-16-9-13-33(3)29-36)41-21-22-42(55-41)48(37-17-10-14-34(4)30-37)44-24-26-46(57-44)50(39-19-12-20-40(32-39)61-6)52(58-51)54(53,60)28-8-2/h7-26,29-32,56-57,59-60H,1-2,27-28H2,3-6H3. The molecule has 5 heterocycles. The number of hydrogen-bond donors (Lipinski definition) is 4. The second-order valence-corrected chi connectivity index (χ2v) is 16.1. The quantitative estimate of drug-likeness (QED) is 0.109. The molecule has 0 aliphatic carbocycles. The van der Waals surface area contributed by atoms with Crippen molar-refractivity contribution in [1.82, 2.24) is 19.9 Å². The number of benzene rings is 4. The van der Waals surface area contributed by atoms with E-state index >= 15 is 0 Å². The molecule has 7 nitrogen and oxygen atoms in total. The maximum Gasteiger partial charge on any atom is 0.145 e. The molecule has 2 aliphatic rings. The van der Waals surface area contributed by atoms with Gasteiger partial charge < -0.3 is 24.9 Å². The minimum atomic E-state index is -1.97. The van der Waals surface area contributed by atoms with Gasteiger partial charge in [0.1, 0.15) is 17.0 Å². The van der Waals surface area contributed by atoms with E-state index in [-0.39, 0.29) is 18.5 Å². The largest absolute Gasteiger partial charge is 0.497 e. The molecular formula is C54H48N4O3. The minimum absolute atomic E-state index is 0.00417. The molecule has 0 saturated heterocycles. The number of fused-ring (bicyclic) bond motifs is 8. The van der Waals surface area contributed by atoms with Gasteiger partial charge in [-0.15, -0.1) is 13.2 Å². The van der Waals surface area contributed by atoms with Crippen LogP contribution in [-0.4, -0.2) is 37.3 Å². The Morgan fingerprint density at radius 2 is 0.902 bits per heavy atom. The third-order valence-electron chi connectivity index (χ3n) is 11.9. The molecule has 302 valence electrons. The highest BCUT2D eigenvalue weighted by molar-refractivity contribution is 5.97. The lowest BCUT2D eigenvalue weighted by Crippen LogP contribution is -2.46. The van der Waals surface area contributed by atoms with Gasteiger partial charge in [0, 0.05) is 57.2 Å². The van der Waals surface area contributed by atoms with Crippen LogP contribution in [-0.2, 0) is 11.2 Å². The van der Waals surface area contributed by atoms with Crippen LogP contribution in [0.2, 0.25) is 0 Å². The zero-order chi connectivity index (χ0) is 42.5. The number of nitrogens with zero attached hydrogens (tertiary/aromatic N) is 2. The van der Waals surface area contributed by atoms with Crippen molar-refractivity contribution >= 4 is 34.2 Å². The normalized spacial score (nSPS) is 17.0. The van der Waals surface area contributed by atoms with E-state index in [2.05, 4.69) is 116 Å². The Morgan fingerprint density at radius 1 is 0.525 bits per heavy atom. The van der Waals surface area contributed by atoms with E-state index in [1.54, 1.807) is 19.3 Å². The molecule has 0 fully saturated rings. The van der Waals surface area contributed by atoms with E-state index in [1.165, 1.54) is 0 Å². The highest BCUT2D eigenvalue weighted by Gasteiger charge is 2.58. The molecule has 2 unspecified atom stereocenters. The Kier molecular flexibility index (Phi) is 10.0. The number of aromatic amines is 2. The number of aryl methyl sites for hydroxylation is 3. The van der Waals surface area contributed by atoms with Crippen LogP contribution in [0.5, 0.6) is 5.75 Å². The van der Waals surface area contributed by atoms with Crippen molar-refractivity contribution in [3.63, 3.8) is 0 Å². The Bertz CT molecular complexity index is 3100. The highest BCUT2D eigenvalue weighted by atomic mass is 16.5. The Balaban J connectivity index is 1.57. The molecule has 8 bridgehead atoms. The van der Waals surface area contributed by atoms with Crippen molar-refractivity contribution in [1.29, 1.82) is 0 Å². The van der Waals surface area contributed by atoms with Crippen LogP contribution in [0.25, 0.3) is 78.7 Å². The lowest BCUT2D eigenvalue weighted by molar-refractivity contribution is -0.154. The Hall–Kier alpha value is -7.06. The van der Waals surface area contributed by atoms with Crippen LogP contribution < -0.4 is 4.74 Å². The number of methoxy groups -OCH3 is 1. The molecule has 7 aromatic rings. The zero-order valence-electron chi connectivity index (χ0n) is 34.9. The molecule has 0 amide bonds. The zero-order valence-corrected chi connectivity index (χ0v) is 34.9. The summed E-state index contributed by atoms with van der Waals surface area (Å²) in [5.74, 6) is 0.632. The first-order chi connectivity index (χ1) is 29.5. The number of nitrogens with one attached hydrogen (secondary N) is 2. The molecule has 4 N–H and O–H groups in total. The number of ether oxygens (including phenoxy) is 1. The van der Waals surface area contributed by atoms with Crippen LogP contribution in [0, 0.1) is 20.8 Å². The molecule has 9 rings (SSSR count). The molecule has 61 heavy (non-hydrogen) atoms. The summed E-state index contributed by atoms with van der Waals surface area (Å²) in [6.07, 6.45) is 7.45. The van der Waals surface area contributed by atoms with Gasteiger partial charge in [0.25, 0.3) is 0 Å². The fourth-order valence-corrected chi connectivity index (χ4v) is 9.08. The van der Waals surface area contributed by atoms with E-state index in [0.717, 1.165) is 72.5 Å². The monoisotopic (exact) mass is 800 g/mol. The van der Waals surface area contributed by atoms with Crippen LogP contribution >= 0.6 is 0 Å². The lowest BCUT2D eigenvalue weighted by atomic mass is 9.73. The molecule has 2 atom stereocenters. The summed E-state index contributed by atoms with van der Waals surface area (Å²) >= 11 is 0. The van der Waals surface area contributed by atoms with Gasteiger partial charge in [0.2, 0.25) is 0 Å². The van der Waals surface area contributed by atoms with Gasteiger partial charge in [0.05, 0.1) is 29.9 Å². The van der Waals surface area contributed by atoms with Crippen molar-refractivity contribution in [3.05, 3.63) is 186 Å². The first-order valence-electron chi connectivity index (χ1n) is 20.6. The molecule has 0 radical (unpaired) electrons. The predicted octanol–water partition coefficient (Wildman–Crippen LogP) is 12.3. The van der Waals surface area contributed by atoms with Crippen molar-refractivity contribution in [2.45, 2.75) is 44.8 Å². The minimum Gasteiger partial charge on any atom is -0.497 e. The Morgan fingerprint density at radius 3 is 1.30 bits per heavy atom. The van der Waals surface area contributed by atoms with Gasteiger partial charge in [-0.1, -0.05) is 114 Å². The molecule has 7 heteroatoms. The number of aliphatic hydroxyl groups is 2. The highest BCUT2D eigenvalue weighted by Crippen LogP contribution is 2.54. The molecule has 0 saturated carbocycles. The van der Waals surface area contributed by atoms with Crippen molar-refractivity contribution < 1.29 is 14.9 Å². The van der Waals surface area contributed by atoms with Crippen LogP contribution in [0.4, 0.5) is 0 Å². The maximum atomic E-state index is 13.5. The summed E-state index contributed by atoms with van der Waals surface area (Å²) in [4.78, 5) is 18.5. The third-order valence-corrected chi connectivity index (χ3v) is 11.9. The fourth-order valence-electron chi connectivity index (χ4n) is 9.08. The lowest BCUT2D eigenvalue weighted by Gasteiger charge is -2.38. The summed E-state index contributed by atoms with van der Waals surface area (Å²) < 4.78 is 5.75. The third kappa shape index (κ3) is 6.72. The van der Waals surface area contributed by atoms with Gasteiger partial charge >= 0.3 is 0 Å². The van der Waals surface area contributed by atoms with Gasteiger partial charge in [-0.2, -0.15) is 0 Å². The number of rotatable bonds is 9. The summed E-state index contributed by atoms with van der Waals surface area (Å²) in [5, 5.41) is 26.9. The molecule has 4 aromatic carbocycles. The average Bonchev–Trinajstić information content (AvgIpc) is 4.06. The van der Waals surface area contributed by atoms with Crippen molar-refractivity contribution in [2.24, 2.45) is 0 Å². The first kappa shape index (κ1) is 39.4. The molecular weight excluding hydrogens is 753 g/mol. The number of aromatic nitrogens is 4. The SMILES string of the molecule is C=CCC1(O)c2nc(c(-c3cccc(OC)c3)c3ccc([nH]3)c(-c3cccc(C)c3)c3nc(c(-c4cccc(C)c4)c4ccc([nH]4)c2-c2cccc(C)c2)C=C3)C1(O)CC=C. The van der Waals surface area contributed by atoms with Gasteiger partial charge in [-0.3, -0.25) is 0 Å². The van der Waals surface area contributed by atoms with Crippen LogP contribution in [0.15, 0.2) is 147 Å². The summed E-state index contributed by atoms with van der Waals surface area (Å²) in [6.45, 7) is 14.4. The Labute approximate surface area is 356 Å². The maximum absolute atomic E-state index is 13.5. The molecule has 2 aliphatic heterocycles. The summed E-state index contributed by atoms with van der Waals surface area (Å²) in [5.41, 5.74) is 11.2. The fraction of sp³-hybridized carbons (Fsp3) is 0.148. The van der Waals surface area contributed by atoms with Crippen LogP contribution in [0.1, 0.15) is 52.3 Å². The van der Waals surface area contributed by atoms with Crippen molar-refractivity contribution in [3.8, 4) is 50.3 Å². The van der Waals surface area contributed by atoms with E-state index < -0.39 is 11.2 Å². The van der Waals surface area contributed by atoms with E-state index in [4.69, 9.17) is 14.7 Å². The van der Waals surface area contributed by atoms with Gasteiger partial charge in [-0.25, -0.2) is 9.97 Å². The number of H-pyrrole nitrogens is 2. The van der Waals surface area contributed by atoms with Crippen LogP contribution in [0.3, 0.4) is 0 Å². The topological polar surface area (TPSA) is 107 Å². The summed E-state index contributed by atoms with van der Waals surface area (Å²) in [7, 11) is 1.63. The summed E-state index contributed by atoms with van der Waals surface area (Å²) in [6, 6.07) is 40.9. The van der Waals surface area contributed by atoms with Gasteiger partial charge in [-0.05, 0) is 91.6 Å². The number of hydrogen-bond acceptors (Lipinski definition) is 5. The second kappa shape index (κ2) is 15.5. The smallest absolute Gasteiger partial charge is 0.145 e. The molecule has 0 spiro atoms. The van der Waals surface area contributed by atoms with Crippen molar-refractivity contribution in [2.75, 3.05) is 7.11 Å². The van der Waals surface area contributed by atoms with Gasteiger partial charge in [0.15, 0.2) is 0 Å². The predicted molar refractivity (Wildman–Crippen MR) is 250 cm³/mol. The van der Waals surface area contributed by atoms with E-state index in [0.29, 0.717) is 33.6 Å². The van der Waals surface area contributed by atoms with E-state index in [9.17, 15) is 10.2 Å². The molecule has 3 aromatic heterocycles.